The third-order valence-electron chi connectivity index (χ3n) is 2.88. The highest BCUT2D eigenvalue weighted by Crippen LogP contribution is 2.35. The van der Waals surface area contributed by atoms with Crippen LogP contribution < -0.4 is 16.6 Å². The fraction of sp³-hybridized carbons (Fsp3) is 0.400. The molecule has 0 radical (unpaired) electrons. The van der Waals surface area contributed by atoms with Gasteiger partial charge in [-0.2, -0.15) is 0 Å². The molecule has 0 aliphatic carbocycles. The molecule has 2 aromatic heterocycles. The summed E-state index contributed by atoms with van der Waals surface area (Å²) >= 11 is 0. The number of phosphoric acid groups is 1. The van der Waals surface area contributed by atoms with Crippen LogP contribution in [0, 0.1) is 0 Å². The van der Waals surface area contributed by atoms with Gasteiger partial charge in [-0.05, 0) is 0 Å². The predicted molar refractivity (Wildman–Crippen MR) is 84.1 cm³/mol. The second-order valence-corrected chi connectivity index (χ2v) is 5.77. The van der Waals surface area contributed by atoms with E-state index in [1.165, 1.54) is 0 Å². The number of fused-ring (bicyclic) bond motifs is 1. The number of nitrogens with zero attached hydrogens (tertiary/aromatic N) is 1. The van der Waals surface area contributed by atoms with Gasteiger partial charge in [-0.15, -0.1) is 12.4 Å². The lowest BCUT2D eigenvalue weighted by Gasteiger charge is -2.16. The molecule has 0 spiro atoms. The minimum absolute atomic E-state index is 0. The smallest absolute Gasteiger partial charge is 0.395 e. The Kier molecular flexibility index (Phi) is 6.71. The van der Waals surface area contributed by atoms with Crippen molar-refractivity contribution in [3.63, 3.8) is 0 Å². The highest BCUT2D eigenvalue weighted by Gasteiger charge is 2.18. The second kappa shape index (κ2) is 7.88. The molecular weight excluding hydrogens is 353 g/mol. The Morgan fingerprint density at radius 1 is 1.48 bits per heavy atom. The van der Waals surface area contributed by atoms with Gasteiger partial charge < -0.3 is 30.9 Å². The summed E-state index contributed by atoms with van der Waals surface area (Å²) in [5.74, 6) is -0.0260. The fourth-order valence-electron chi connectivity index (χ4n) is 1.84. The van der Waals surface area contributed by atoms with Crippen LogP contribution in [-0.2, 0) is 15.6 Å². The third kappa shape index (κ3) is 5.29. The molecular formula is C10H17ClN5O6P. The van der Waals surface area contributed by atoms with Crippen molar-refractivity contribution in [1.29, 1.82) is 0 Å². The monoisotopic (exact) mass is 369 g/mol. The lowest BCUT2D eigenvalue weighted by molar-refractivity contribution is 0.145. The number of nitrogen functional groups attached to an aromatic ring is 1. The van der Waals surface area contributed by atoms with Gasteiger partial charge in [0.2, 0.25) is 5.95 Å². The number of aromatic amines is 2. The lowest BCUT2D eigenvalue weighted by Crippen LogP contribution is -2.36. The summed E-state index contributed by atoms with van der Waals surface area (Å²) in [6.07, 6.45) is 1.55. The van der Waals surface area contributed by atoms with Crippen molar-refractivity contribution in [1.82, 2.24) is 20.3 Å². The van der Waals surface area contributed by atoms with Gasteiger partial charge in [-0.1, -0.05) is 0 Å². The van der Waals surface area contributed by atoms with Gasteiger partial charge in [0, 0.05) is 18.3 Å². The molecule has 1 atom stereocenters. The summed E-state index contributed by atoms with van der Waals surface area (Å²) < 4.78 is 15.0. The average Bonchev–Trinajstić information content (AvgIpc) is 2.81. The van der Waals surface area contributed by atoms with Crippen LogP contribution in [0.15, 0.2) is 11.0 Å². The third-order valence-corrected chi connectivity index (χ3v) is 3.36. The maximum absolute atomic E-state index is 11.6. The van der Waals surface area contributed by atoms with Crippen molar-refractivity contribution >= 4 is 37.2 Å². The van der Waals surface area contributed by atoms with Crippen LogP contribution in [0.1, 0.15) is 5.56 Å². The van der Waals surface area contributed by atoms with E-state index in [0.717, 1.165) is 0 Å². The van der Waals surface area contributed by atoms with E-state index in [1.807, 2.05) is 0 Å². The van der Waals surface area contributed by atoms with Gasteiger partial charge >= 0.3 is 7.82 Å². The number of hydrogen-bond donors (Lipinski definition) is 7. The first-order chi connectivity index (χ1) is 10.3. The van der Waals surface area contributed by atoms with E-state index >= 15 is 0 Å². The minimum Gasteiger partial charge on any atom is -0.395 e. The Hall–Kier alpha value is -1.46. The zero-order valence-electron chi connectivity index (χ0n) is 11.7. The molecule has 0 amide bonds. The second-order valence-electron chi connectivity index (χ2n) is 4.54. The van der Waals surface area contributed by atoms with Crippen molar-refractivity contribution in [2.45, 2.75) is 12.6 Å². The predicted octanol–water partition coefficient (Wildman–Crippen LogP) is -1.19. The van der Waals surface area contributed by atoms with Crippen LogP contribution in [0.4, 0.5) is 5.95 Å². The molecule has 0 aliphatic heterocycles. The Labute approximate surface area is 135 Å². The molecule has 0 fully saturated rings. The molecule has 0 aliphatic rings. The zero-order chi connectivity index (χ0) is 16.3. The quantitative estimate of drug-likeness (QED) is 0.294. The van der Waals surface area contributed by atoms with Gasteiger partial charge in [0.05, 0.1) is 19.3 Å². The van der Waals surface area contributed by atoms with Crippen molar-refractivity contribution in [3.8, 4) is 0 Å². The summed E-state index contributed by atoms with van der Waals surface area (Å²) in [6, 6.07) is -0.697. The van der Waals surface area contributed by atoms with E-state index in [1.54, 1.807) is 6.20 Å². The van der Waals surface area contributed by atoms with Crippen molar-refractivity contribution < 1.29 is 24.0 Å². The molecule has 0 unspecified atom stereocenters. The van der Waals surface area contributed by atoms with Crippen LogP contribution in [0.2, 0.25) is 0 Å². The summed E-state index contributed by atoms with van der Waals surface area (Å²) in [6.45, 7) is -0.580. The summed E-state index contributed by atoms with van der Waals surface area (Å²) in [4.78, 5) is 38.0. The van der Waals surface area contributed by atoms with E-state index in [9.17, 15) is 9.36 Å². The summed E-state index contributed by atoms with van der Waals surface area (Å²) in [5.41, 5.74) is 6.33. The lowest BCUT2D eigenvalue weighted by atomic mass is 10.2. The van der Waals surface area contributed by atoms with E-state index in [2.05, 4.69) is 24.8 Å². The summed E-state index contributed by atoms with van der Waals surface area (Å²) in [5, 5.41) is 12.0. The molecule has 13 heteroatoms. The highest BCUT2D eigenvalue weighted by atomic mass is 35.5. The number of hydrogen-bond acceptors (Lipinski definition) is 7. The standard InChI is InChI=1S/C10H16N5O6P.ClH/c11-10-14-7-5(2-13-8(7)9(17)15-10)1-12-6(3-16)4-21-22(18,19)20;/h2,6,12-13,16H,1,3-4H2,(H2,18,19,20)(H3,11,14,15,17);1H/t6-;/m0./s1. The average molecular weight is 370 g/mol. The molecule has 8 N–H and O–H groups in total. The Bertz CT molecular complexity index is 758. The first kappa shape index (κ1) is 19.6. The van der Waals surface area contributed by atoms with E-state index in [-0.39, 0.29) is 37.0 Å². The largest absolute Gasteiger partial charge is 0.469 e. The van der Waals surface area contributed by atoms with Crippen LogP contribution in [0.25, 0.3) is 11.0 Å². The first-order valence-corrected chi connectivity index (χ1v) is 7.73. The molecule has 2 aromatic rings. The molecule has 0 aromatic carbocycles. The Balaban J connectivity index is 0.00000264. The molecule has 130 valence electrons. The number of H-pyrrole nitrogens is 2. The molecule has 0 bridgehead atoms. The minimum atomic E-state index is -4.60. The molecule has 2 heterocycles. The Morgan fingerprint density at radius 3 is 2.78 bits per heavy atom. The number of aromatic nitrogens is 3. The maximum Gasteiger partial charge on any atom is 0.469 e. The SMILES string of the molecule is Cl.Nc1nc2c(CN[C@@H](CO)COP(=O)(O)O)c[nH]c2c(=O)[nH]1. The van der Waals surface area contributed by atoms with Gasteiger partial charge in [0.25, 0.3) is 5.56 Å². The van der Waals surface area contributed by atoms with Crippen molar-refractivity contribution in [2.24, 2.45) is 0 Å². The van der Waals surface area contributed by atoms with Gasteiger partial charge in [0.1, 0.15) is 11.0 Å². The van der Waals surface area contributed by atoms with Crippen molar-refractivity contribution in [3.05, 3.63) is 22.1 Å². The number of nitrogens with one attached hydrogen (secondary N) is 3. The highest BCUT2D eigenvalue weighted by molar-refractivity contribution is 7.46. The van der Waals surface area contributed by atoms with E-state index in [0.29, 0.717) is 11.1 Å². The summed E-state index contributed by atoms with van der Waals surface area (Å²) in [7, 11) is -4.60. The molecule has 2 rings (SSSR count). The van der Waals surface area contributed by atoms with Crippen LogP contribution in [-0.4, -0.2) is 49.1 Å². The topological polar surface area (TPSA) is 187 Å². The number of phosphoric ester groups is 1. The van der Waals surface area contributed by atoms with Crippen LogP contribution >= 0.6 is 20.2 Å². The molecule has 0 saturated carbocycles. The van der Waals surface area contributed by atoms with Gasteiger partial charge in [0.15, 0.2) is 0 Å². The molecule has 23 heavy (non-hydrogen) atoms. The first-order valence-electron chi connectivity index (χ1n) is 6.20. The van der Waals surface area contributed by atoms with E-state index < -0.39 is 26.0 Å². The number of aliphatic hydroxyl groups is 1. The number of halogens is 1. The number of anilines is 1. The maximum atomic E-state index is 11.6. The number of rotatable bonds is 7. The molecule has 11 nitrogen and oxygen atoms in total. The number of nitrogens with two attached hydrogens (primary N) is 1. The van der Waals surface area contributed by atoms with Gasteiger partial charge in [-0.25, -0.2) is 9.55 Å². The zero-order valence-corrected chi connectivity index (χ0v) is 13.4. The normalized spacial score (nSPS) is 13.0. The fourth-order valence-corrected chi connectivity index (χ4v) is 2.21. The number of aliphatic hydroxyl groups excluding tert-OH is 1. The molecule has 0 saturated heterocycles. The Morgan fingerprint density at radius 2 is 2.17 bits per heavy atom. The van der Waals surface area contributed by atoms with Crippen molar-refractivity contribution in [2.75, 3.05) is 18.9 Å². The van der Waals surface area contributed by atoms with E-state index in [4.69, 9.17) is 20.6 Å². The van der Waals surface area contributed by atoms with Crippen LogP contribution in [0.5, 0.6) is 0 Å². The van der Waals surface area contributed by atoms with Gasteiger partial charge in [-0.3, -0.25) is 14.3 Å². The van der Waals surface area contributed by atoms with Crippen LogP contribution in [0.3, 0.4) is 0 Å².